The van der Waals surface area contributed by atoms with Gasteiger partial charge in [-0.1, -0.05) is 18.2 Å². The van der Waals surface area contributed by atoms with Crippen molar-refractivity contribution < 1.29 is 9.21 Å². The molecule has 1 amide bonds. The van der Waals surface area contributed by atoms with Crippen LogP contribution in [0.2, 0.25) is 0 Å². The molecule has 1 saturated heterocycles. The molecule has 1 fully saturated rings. The van der Waals surface area contributed by atoms with Crippen LogP contribution in [-0.4, -0.2) is 76.6 Å². The minimum Gasteiger partial charge on any atom is -0.419 e. The van der Waals surface area contributed by atoms with E-state index in [1.54, 1.807) is 0 Å². The van der Waals surface area contributed by atoms with Crippen LogP contribution in [0.4, 0.5) is 0 Å². The molecule has 0 saturated carbocycles. The summed E-state index contributed by atoms with van der Waals surface area (Å²) in [6.07, 6.45) is 0. The normalized spacial score (nSPS) is 17.0. The Balaban J connectivity index is 1.54. The lowest BCUT2D eigenvalue weighted by Gasteiger charge is -2.37. The van der Waals surface area contributed by atoms with Crippen LogP contribution in [0.5, 0.6) is 0 Å². The summed E-state index contributed by atoms with van der Waals surface area (Å²) in [4.78, 5) is 18.7. The molecule has 1 aliphatic heterocycles. The second-order valence-electron chi connectivity index (χ2n) is 6.87. The Morgan fingerprint density at radius 1 is 1.11 bits per heavy atom. The molecule has 1 atom stereocenters. The smallest absolute Gasteiger partial charge is 0.247 e. The number of amides is 1. The number of nitrogens with zero attached hydrogens (tertiary/aromatic N) is 5. The monoisotopic (exact) mass is 371 g/mol. The Morgan fingerprint density at radius 2 is 1.78 bits per heavy atom. The van der Waals surface area contributed by atoms with Crippen molar-refractivity contribution in [2.75, 3.05) is 45.8 Å². The van der Waals surface area contributed by atoms with Gasteiger partial charge in [0.2, 0.25) is 17.7 Å². The molecular formula is C20H29N5O2. The highest BCUT2D eigenvalue weighted by Crippen LogP contribution is 2.24. The molecule has 27 heavy (non-hydrogen) atoms. The maximum atomic E-state index is 12.3. The lowest BCUT2D eigenvalue weighted by molar-refractivity contribution is -0.132. The molecule has 1 unspecified atom stereocenters. The number of piperazine rings is 1. The number of hydrogen-bond donors (Lipinski definition) is 0. The first kappa shape index (κ1) is 19.5. The maximum absolute atomic E-state index is 12.3. The van der Waals surface area contributed by atoms with Crippen molar-refractivity contribution in [1.82, 2.24) is 24.9 Å². The standard InChI is InChI=1S/C20H29N5O2/c1-4-24(5-2)18(26)15-23-11-13-25(14-12-23)16(3)19-21-22-20(27-19)17-9-7-6-8-10-17/h6-10,16H,4-5,11-15H2,1-3H3. The van der Waals surface area contributed by atoms with Gasteiger partial charge in [0.25, 0.3) is 0 Å². The number of benzene rings is 1. The van der Waals surface area contributed by atoms with Gasteiger partial charge in [0.05, 0.1) is 12.6 Å². The number of carbonyl (C=O) groups excluding carboxylic acids is 1. The lowest BCUT2D eigenvalue weighted by Crippen LogP contribution is -2.50. The van der Waals surface area contributed by atoms with E-state index in [9.17, 15) is 4.79 Å². The van der Waals surface area contributed by atoms with Crippen molar-refractivity contribution in [3.63, 3.8) is 0 Å². The average molecular weight is 371 g/mol. The highest BCUT2D eigenvalue weighted by atomic mass is 16.4. The van der Waals surface area contributed by atoms with E-state index in [1.807, 2.05) is 49.1 Å². The van der Waals surface area contributed by atoms with E-state index in [2.05, 4.69) is 26.9 Å². The molecule has 0 N–H and O–H groups in total. The largest absolute Gasteiger partial charge is 0.419 e. The molecule has 1 aromatic heterocycles. The number of aromatic nitrogens is 2. The Morgan fingerprint density at radius 3 is 2.41 bits per heavy atom. The van der Waals surface area contributed by atoms with E-state index in [1.165, 1.54) is 0 Å². The summed E-state index contributed by atoms with van der Waals surface area (Å²) in [5, 5.41) is 8.44. The van der Waals surface area contributed by atoms with Gasteiger partial charge in [-0.25, -0.2) is 0 Å². The topological polar surface area (TPSA) is 65.7 Å². The minimum absolute atomic E-state index is 0.0654. The van der Waals surface area contributed by atoms with Gasteiger partial charge in [-0.15, -0.1) is 10.2 Å². The molecule has 3 rings (SSSR count). The van der Waals surface area contributed by atoms with Gasteiger partial charge >= 0.3 is 0 Å². The molecule has 0 radical (unpaired) electrons. The molecule has 0 aliphatic carbocycles. The van der Waals surface area contributed by atoms with Crippen molar-refractivity contribution in [2.45, 2.75) is 26.8 Å². The fraction of sp³-hybridized carbons (Fsp3) is 0.550. The van der Waals surface area contributed by atoms with Gasteiger partial charge in [0, 0.05) is 44.8 Å². The van der Waals surface area contributed by atoms with Gasteiger partial charge in [0.15, 0.2) is 0 Å². The lowest BCUT2D eigenvalue weighted by atomic mass is 10.2. The summed E-state index contributed by atoms with van der Waals surface area (Å²) in [6.45, 7) is 11.7. The van der Waals surface area contributed by atoms with Crippen molar-refractivity contribution in [3.05, 3.63) is 36.2 Å². The van der Waals surface area contributed by atoms with Crippen LogP contribution < -0.4 is 0 Å². The number of carbonyl (C=O) groups is 1. The van der Waals surface area contributed by atoms with Gasteiger partial charge in [-0.05, 0) is 32.9 Å². The third-order valence-corrected chi connectivity index (χ3v) is 5.25. The zero-order valence-corrected chi connectivity index (χ0v) is 16.5. The Labute approximate surface area is 161 Å². The van der Waals surface area contributed by atoms with Crippen LogP contribution in [-0.2, 0) is 4.79 Å². The number of likely N-dealkylation sites (N-methyl/N-ethyl adjacent to an activating group) is 1. The molecule has 1 aliphatic rings. The zero-order valence-electron chi connectivity index (χ0n) is 16.5. The predicted octanol–water partition coefficient (Wildman–Crippen LogP) is 2.28. The zero-order chi connectivity index (χ0) is 19.2. The van der Waals surface area contributed by atoms with Gasteiger partial charge in [0.1, 0.15) is 0 Å². The first-order chi connectivity index (χ1) is 13.1. The Bertz CT molecular complexity index is 721. The van der Waals surface area contributed by atoms with E-state index in [4.69, 9.17) is 4.42 Å². The quantitative estimate of drug-likeness (QED) is 0.744. The molecule has 2 heterocycles. The summed E-state index contributed by atoms with van der Waals surface area (Å²) in [6, 6.07) is 9.88. The van der Waals surface area contributed by atoms with Crippen molar-refractivity contribution in [3.8, 4) is 11.5 Å². The van der Waals surface area contributed by atoms with E-state index >= 15 is 0 Å². The molecule has 0 spiro atoms. The summed E-state index contributed by atoms with van der Waals surface area (Å²) in [7, 11) is 0. The molecule has 7 heteroatoms. The van der Waals surface area contributed by atoms with Crippen LogP contribution in [0.25, 0.3) is 11.5 Å². The second kappa shape index (κ2) is 9.10. The van der Waals surface area contributed by atoms with Crippen LogP contribution in [0.3, 0.4) is 0 Å². The Hall–Kier alpha value is -2.25. The average Bonchev–Trinajstić information content (AvgIpc) is 3.20. The fourth-order valence-corrected chi connectivity index (χ4v) is 3.43. The van der Waals surface area contributed by atoms with Gasteiger partial charge < -0.3 is 9.32 Å². The molecule has 7 nitrogen and oxygen atoms in total. The predicted molar refractivity (Wildman–Crippen MR) is 104 cm³/mol. The third-order valence-electron chi connectivity index (χ3n) is 5.25. The summed E-state index contributed by atoms with van der Waals surface area (Å²) < 4.78 is 5.90. The van der Waals surface area contributed by atoms with Crippen LogP contribution in [0, 0.1) is 0 Å². The van der Waals surface area contributed by atoms with E-state index in [0.717, 1.165) is 44.8 Å². The van der Waals surface area contributed by atoms with Crippen LogP contribution >= 0.6 is 0 Å². The number of rotatable bonds is 7. The molecular weight excluding hydrogens is 342 g/mol. The Kier molecular flexibility index (Phi) is 6.58. The van der Waals surface area contributed by atoms with Crippen LogP contribution in [0.1, 0.15) is 32.7 Å². The molecule has 146 valence electrons. The highest BCUT2D eigenvalue weighted by Gasteiger charge is 2.27. The van der Waals surface area contributed by atoms with E-state index < -0.39 is 0 Å². The van der Waals surface area contributed by atoms with E-state index in [0.29, 0.717) is 18.3 Å². The van der Waals surface area contributed by atoms with Gasteiger partial charge in [-0.3, -0.25) is 14.6 Å². The number of hydrogen-bond acceptors (Lipinski definition) is 6. The third kappa shape index (κ3) is 4.73. The fourth-order valence-electron chi connectivity index (χ4n) is 3.43. The molecule has 2 aromatic rings. The van der Waals surface area contributed by atoms with Gasteiger partial charge in [-0.2, -0.15) is 0 Å². The highest BCUT2D eigenvalue weighted by molar-refractivity contribution is 5.78. The summed E-state index contributed by atoms with van der Waals surface area (Å²) >= 11 is 0. The summed E-state index contributed by atoms with van der Waals surface area (Å²) in [5.74, 6) is 1.41. The first-order valence-electron chi connectivity index (χ1n) is 9.75. The summed E-state index contributed by atoms with van der Waals surface area (Å²) in [5.41, 5.74) is 0.934. The maximum Gasteiger partial charge on any atom is 0.247 e. The minimum atomic E-state index is 0.0654. The SMILES string of the molecule is CCN(CC)C(=O)CN1CCN(C(C)c2nnc(-c3ccccc3)o2)CC1. The van der Waals surface area contributed by atoms with Crippen molar-refractivity contribution in [2.24, 2.45) is 0 Å². The second-order valence-corrected chi connectivity index (χ2v) is 6.87. The first-order valence-corrected chi connectivity index (χ1v) is 9.75. The van der Waals surface area contributed by atoms with E-state index in [-0.39, 0.29) is 11.9 Å². The van der Waals surface area contributed by atoms with Crippen LogP contribution in [0.15, 0.2) is 34.7 Å². The van der Waals surface area contributed by atoms with Crippen molar-refractivity contribution in [1.29, 1.82) is 0 Å². The molecule has 1 aromatic carbocycles. The van der Waals surface area contributed by atoms with Crippen molar-refractivity contribution >= 4 is 5.91 Å². The molecule has 0 bridgehead atoms.